The Kier molecular flexibility index (Phi) is 5.86. The molecule has 1 amide bonds. The van der Waals surface area contributed by atoms with Gasteiger partial charge in [0.05, 0.1) is 6.61 Å². The van der Waals surface area contributed by atoms with E-state index in [1.807, 2.05) is 30.3 Å². The predicted octanol–water partition coefficient (Wildman–Crippen LogP) is 1.89. The van der Waals surface area contributed by atoms with Crippen LogP contribution in [-0.4, -0.2) is 36.1 Å². The molecular weight excluding hydrogens is 286 g/mol. The van der Waals surface area contributed by atoms with Crippen molar-refractivity contribution in [2.45, 2.75) is 13.1 Å². The van der Waals surface area contributed by atoms with Gasteiger partial charge >= 0.3 is 0 Å². The first kappa shape index (κ1) is 15.6. The fourth-order valence-corrected chi connectivity index (χ4v) is 2.57. The largest absolute Gasteiger partial charge is 0.383 e. The van der Waals surface area contributed by atoms with Crippen molar-refractivity contribution >= 4 is 17.2 Å². The number of methoxy groups -OCH3 is 1. The summed E-state index contributed by atoms with van der Waals surface area (Å²) in [7, 11) is 1.63. The minimum absolute atomic E-state index is 0.0909. The van der Waals surface area contributed by atoms with E-state index >= 15 is 0 Å². The van der Waals surface area contributed by atoms with Crippen LogP contribution in [0, 0.1) is 0 Å². The van der Waals surface area contributed by atoms with Crippen LogP contribution in [0.25, 0.3) is 0 Å². The third-order valence-corrected chi connectivity index (χ3v) is 3.89. The van der Waals surface area contributed by atoms with Crippen LogP contribution < -0.4 is 5.73 Å². The van der Waals surface area contributed by atoms with Crippen molar-refractivity contribution in [3.63, 3.8) is 0 Å². The molecular formula is C15H19N3O2S. The lowest BCUT2D eigenvalue weighted by molar-refractivity contribution is 0.0675. The molecule has 0 bridgehead atoms. The zero-order chi connectivity index (χ0) is 15.1. The molecule has 112 valence electrons. The molecule has 2 rings (SSSR count). The number of benzene rings is 1. The van der Waals surface area contributed by atoms with Gasteiger partial charge in [0.1, 0.15) is 10.7 Å². The van der Waals surface area contributed by atoms with Gasteiger partial charge in [0.15, 0.2) is 0 Å². The molecule has 21 heavy (non-hydrogen) atoms. The van der Waals surface area contributed by atoms with Crippen LogP contribution in [-0.2, 0) is 17.8 Å². The Morgan fingerprint density at radius 2 is 2.14 bits per heavy atom. The summed E-state index contributed by atoms with van der Waals surface area (Å²) < 4.78 is 5.09. The molecule has 0 fully saturated rings. The van der Waals surface area contributed by atoms with Crippen LogP contribution in [0.1, 0.15) is 21.1 Å². The van der Waals surface area contributed by atoms with Crippen molar-refractivity contribution < 1.29 is 9.53 Å². The maximum Gasteiger partial charge on any atom is 0.273 e. The molecule has 1 aromatic heterocycles. The van der Waals surface area contributed by atoms with Crippen LogP contribution in [0.2, 0.25) is 0 Å². The molecule has 0 unspecified atom stereocenters. The highest BCUT2D eigenvalue weighted by Gasteiger charge is 2.18. The fraction of sp³-hybridized carbons (Fsp3) is 0.333. The van der Waals surface area contributed by atoms with Crippen LogP contribution in [0.4, 0.5) is 0 Å². The average molecular weight is 305 g/mol. The van der Waals surface area contributed by atoms with E-state index in [2.05, 4.69) is 4.98 Å². The van der Waals surface area contributed by atoms with E-state index in [-0.39, 0.29) is 5.91 Å². The molecule has 0 atom stereocenters. The topological polar surface area (TPSA) is 68.5 Å². The summed E-state index contributed by atoms with van der Waals surface area (Å²) in [4.78, 5) is 18.6. The van der Waals surface area contributed by atoms with Gasteiger partial charge in [-0.25, -0.2) is 4.98 Å². The number of ether oxygens (including phenoxy) is 1. The molecule has 1 heterocycles. The van der Waals surface area contributed by atoms with E-state index in [0.29, 0.717) is 31.9 Å². The van der Waals surface area contributed by atoms with Gasteiger partial charge in [-0.15, -0.1) is 11.3 Å². The highest BCUT2D eigenvalue weighted by atomic mass is 32.1. The van der Waals surface area contributed by atoms with Gasteiger partial charge in [-0.05, 0) is 5.56 Å². The molecule has 0 radical (unpaired) electrons. The number of aromatic nitrogens is 1. The summed E-state index contributed by atoms with van der Waals surface area (Å²) in [5, 5.41) is 2.53. The zero-order valence-electron chi connectivity index (χ0n) is 12.0. The van der Waals surface area contributed by atoms with E-state index in [1.54, 1.807) is 17.4 Å². The molecule has 0 saturated heterocycles. The van der Waals surface area contributed by atoms with Crippen molar-refractivity contribution in [2.24, 2.45) is 5.73 Å². The number of hydrogen-bond acceptors (Lipinski definition) is 5. The molecule has 0 spiro atoms. The first-order chi connectivity index (χ1) is 10.2. The number of nitrogens with zero attached hydrogens (tertiary/aromatic N) is 2. The first-order valence-corrected chi connectivity index (χ1v) is 7.59. The summed E-state index contributed by atoms with van der Waals surface area (Å²) in [5.74, 6) is -0.0909. The fourth-order valence-electron chi connectivity index (χ4n) is 1.92. The van der Waals surface area contributed by atoms with Gasteiger partial charge in [0.25, 0.3) is 5.91 Å². The highest BCUT2D eigenvalue weighted by Crippen LogP contribution is 2.13. The first-order valence-electron chi connectivity index (χ1n) is 6.71. The van der Waals surface area contributed by atoms with Gasteiger partial charge in [-0.1, -0.05) is 30.3 Å². The molecule has 0 aliphatic heterocycles. The highest BCUT2D eigenvalue weighted by molar-refractivity contribution is 7.09. The SMILES string of the molecule is COCCN(Cc1ccccc1)C(=O)c1csc(CN)n1. The van der Waals surface area contributed by atoms with E-state index < -0.39 is 0 Å². The minimum atomic E-state index is -0.0909. The van der Waals surface area contributed by atoms with Crippen LogP contribution in [0.15, 0.2) is 35.7 Å². The summed E-state index contributed by atoms with van der Waals surface area (Å²) in [5.41, 5.74) is 7.08. The number of amides is 1. The molecule has 2 N–H and O–H groups in total. The van der Waals surface area contributed by atoms with Crippen LogP contribution >= 0.6 is 11.3 Å². The second-order valence-electron chi connectivity index (χ2n) is 4.54. The Bertz CT molecular complexity index is 571. The Morgan fingerprint density at radius 1 is 1.38 bits per heavy atom. The second-order valence-corrected chi connectivity index (χ2v) is 5.48. The predicted molar refractivity (Wildman–Crippen MR) is 83.1 cm³/mol. The third kappa shape index (κ3) is 4.35. The summed E-state index contributed by atoms with van der Waals surface area (Å²) in [6.07, 6.45) is 0. The van der Waals surface area contributed by atoms with Crippen molar-refractivity contribution in [3.8, 4) is 0 Å². The molecule has 0 saturated carbocycles. The molecule has 6 heteroatoms. The standard InChI is InChI=1S/C15H19N3O2S/c1-20-8-7-18(10-12-5-3-2-4-6-12)15(19)13-11-21-14(9-16)17-13/h2-6,11H,7-10,16H2,1H3. The molecule has 0 aliphatic carbocycles. The molecule has 1 aromatic carbocycles. The molecule has 5 nitrogen and oxygen atoms in total. The number of hydrogen-bond donors (Lipinski definition) is 1. The van der Waals surface area contributed by atoms with Crippen molar-refractivity contribution in [2.75, 3.05) is 20.3 Å². The lowest BCUT2D eigenvalue weighted by Crippen LogP contribution is -2.33. The minimum Gasteiger partial charge on any atom is -0.383 e. The zero-order valence-corrected chi connectivity index (χ0v) is 12.8. The normalized spacial score (nSPS) is 10.6. The number of rotatable bonds is 7. The van der Waals surface area contributed by atoms with Crippen LogP contribution in [0.5, 0.6) is 0 Å². The summed E-state index contributed by atoms with van der Waals surface area (Å²) >= 11 is 1.41. The lowest BCUT2D eigenvalue weighted by Gasteiger charge is -2.21. The van der Waals surface area contributed by atoms with Crippen molar-refractivity contribution in [1.29, 1.82) is 0 Å². The van der Waals surface area contributed by atoms with Gasteiger partial charge in [-0.2, -0.15) is 0 Å². The second kappa shape index (κ2) is 7.87. The van der Waals surface area contributed by atoms with Crippen molar-refractivity contribution in [1.82, 2.24) is 9.88 Å². The van der Waals surface area contributed by atoms with Gasteiger partial charge in [0.2, 0.25) is 0 Å². The summed E-state index contributed by atoms with van der Waals surface area (Å²) in [6, 6.07) is 9.88. The van der Waals surface area contributed by atoms with Gasteiger partial charge in [0, 0.05) is 32.1 Å². The maximum atomic E-state index is 12.6. The van der Waals surface area contributed by atoms with Gasteiger partial charge in [-0.3, -0.25) is 4.79 Å². The maximum absolute atomic E-state index is 12.6. The summed E-state index contributed by atoms with van der Waals surface area (Å²) in [6.45, 7) is 1.92. The average Bonchev–Trinajstić information content (AvgIpc) is 3.00. The van der Waals surface area contributed by atoms with E-state index in [9.17, 15) is 4.79 Å². The smallest absolute Gasteiger partial charge is 0.273 e. The molecule has 0 aliphatic rings. The lowest BCUT2D eigenvalue weighted by atomic mass is 10.2. The number of thiazole rings is 1. The number of nitrogens with two attached hydrogens (primary N) is 1. The monoisotopic (exact) mass is 305 g/mol. The third-order valence-electron chi connectivity index (χ3n) is 3.01. The quantitative estimate of drug-likeness (QED) is 0.848. The Hall–Kier alpha value is -1.76. The number of carbonyl (C=O) groups excluding carboxylic acids is 1. The van der Waals surface area contributed by atoms with E-state index in [1.165, 1.54) is 11.3 Å². The van der Waals surface area contributed by atoms with Gasteiger partial charge < -0.3 is 15.4 Å². The molecule has 2 aromatic rings. The Balaban J connectivity index is 2.12. The Labute approximate surface area is 128 Å². The van der Waals surface area contributed by atoms with E-state index in [0.717, 1.165) is 10.6 Å². The van der Waals surface area contributed by atoms with Crippen LogP contribution in [0.3, 0.4) is 0 Å². The van der Waals surface area contributed by atoms with E-state index in [4.69, 9.17) is 10.5 Å². The van der Waals surface area contributed by atoms with Crippen molar-refractivity contribution in [3.05, 3.63) is 52.0 Å². The Morgan fingerprint density at radius 3 is 2.76 bits per heavy atom. The number of carbonyl (C=O) groups is 1.